The van der Waals surface area contributed by atoms with Gasteiger partial charge in [-0.25, -0.2) is 4.79 Å². The topological polar surface area (TPSA) is 105 Å². The van der Waals surface area contributed by atoms with E-state index in [1.54, 1.807) is 24.5 Å². The molecule has 2 aromatic rings. The first-order valence-corrected chi connectivity index (χ1v) is 8.24. The number of hydrogen-bond acceptors (Lipinski definition) is 7. The number of carbonyl (C=O) groups is 2. The third-order valence-electron chi connectivity index (χ3n) is 3.79. The van der Waals surface area contributed by atoms with Crippen molar-refractivity contribution in [3.63, 3.8) is 0 Å². The molecule has 2 heterocycles. The first-order valence-electron chi connectivity index (χ1n) is 7.44. The summed E-state index contributed by atoms with van der Waals surface area (Å²) in [6.45, 7) is 0.0140. The third kappa shape index (κ3) is 3.20. The van der Waals surface area contributed by atoms with Crippen LogP contribution >= 0.6 is 15.9 Å². The number of aliphatic hydroxyl groups is 1. The van der Waals surface area contributed by atoms with Crippen LogP contribution in [-0.4, -0.2) is 58.7 Å². The molecule has 0 unspecified atom stereocenters. The minimum absolute atomic E-state index is 0.0779. The van der Waals surface area contributed by atoms with Crippen molar-refractivity contribution >= 4 is 44.5 Å². The van der Waals surface area contributed by atoms with E-state index in [1.807, 2.05) is 0 Å². The Kier molecular flexibility index (Phi) is 4.95. The van der Waals surface area contributed by atoms with Crippen LogP contribution < -0.4 is 5.32 Å². The van der Waals surface area contributed by atoms with E-state index in [2.05, 4.69) is 31.2 Å². The molecule has 0 saturated heterocycles. The van der Waals surface area contributed by atoms with Gasteiger partial charge in [0.25, 0.3) is 5.91 Å². The zero-order chi connectivity index (χ0) is 18.0. The number of benzene rings is 1. The molecule has 8 nitrogen and oxygen atoms in total. The molecule has 0 spiro atoms. The predicted octanol–water partition coefficient (Wildman–Crippen LogP) is 1.07. The van der Waals surface area contributed by atoms with Crippen LogP contribution in [0.4, 0.5) is 5.69 Å². The first kappa shape index (κ1) is 17.3. The molecule has 1 aliphatic rings. The monoisotopic (exact) mass is 406 g/mol. The number of amides is 1. The average molecular weight is 407 g/mol. The molecule has 0 fully saturated rings. The Morgan fingerprint density at radius 2 is 2.08 bits per heavy atom. The summed E-state index contributed by atoms with van der Waals surface area (Å²) >= 11 is 3.41. The van der Waals surface area contributed by atoms with Crippen molar-refractivity contribution in [1.82, 2.24) is 14.9 Å². The Morgan fingerprint density at radius 3 is 2.76 bits per heavy atom. The van der Waals surface area contributed by atoms with Crippen molar-refractivity contribution in [1.29, 1.82) is 0 Å². The average Bonchev–Trinajstić information content (AvgIpc) is 2.93. The largest absolute Gasteiger partial charge is 0.466 e. The lowest BCUT2D eigenvalue weighted by atomic mass is 10.2. The Bertz CT molecular complexity index is 884. The summed E-state index contributed by atoms with van der Waals surface area (Å²) in [6, 6.07) is 3.52. The summed E-state index contributed by atoms with van der Waals surface area (Å²) in [5, 5.41) is 12.1. The number of methoxy groups -OCH3 is 1. The first-order chi connectivity index (χ1) is 12.1. The van der Waals surface area contributed by atoms with Crippen molar-refractivity contribution < 1.29 is 19.4 Å². The number of rotatable bonds is 5. The highest BCUT2D eigenvalue weighted by molar-refractivity contribution is 9.10. The van der Waals surface area contributed by atoms with Crippen LogP contribution in [0.25, 0.3) is 11.0 Å². The van der Waals surface area contributed by atoms with Crippen LogP contribution in [-0.2, 0) is 14.3 Å². The number of fused-ring (bicyclic) bond motifs is 1. The van der Waals surface area contributed by atoms with Crippen molar-refractivity contribution in [2.45, 2.75) is 0 Å². The Hall–Kier alpha value is -2.52. The molecule has 1 aromatic heterocycles. The Balaban J connectivity index is 2.04. The molecule has 1 aliphatic heterocycles. The number of hydrogen-bond donors (Lipinski definition) is 2. The van der Waals surface area contributed by atoms with Gasteiger partial charge < -0.3 is 20.1 Å². The summed E-state index contributed by atoms with van der Waals surface area (Å²) in [5.74, 6) is -0.974. The van der Waals surface area contributed by atoms with Crippen LogP contribution in [0.2, 0.25) is 0 Å². The van der Waals surface area contributed by atoms with E-state index in [0.717, 1.165) is 4.47 Å². The molecular weight excluding hydrogens is 392 g/mol. The summed E-state index contributed by atoms with van der Waals surface area (Å²) in [6.07, 6.45) is 3.11. The third-order valence-corrected chi connectivity index (χ3v) is 4.43. The van der Waals surface area contributed by atoms with Gasteiger partial charge in [-0.3, -0.25) is 14.8 Å². The van der Waals surface area contributed by atoms with Crippen LogP contribution in [0.1, 0.15) is 0 Å². The number of anilines is 1. The van der Waals surface area contributed by atoms with Crippen LogP contribution in [0, 0.1) is 0 Å². The molecule has 2 N–H and O–H groups in total. The van der Waals surface area contributed by atoms with E-state index in [0.29, 0.717) is 16.7 Å². The maximum absolute atomic E-state index is 12.6. The van der Waals surface area contributed by atoms with Gasteiger partial charge in [0.15, 0.2) is 0 Å². The number of aromatic nitrogens is 2. The molecular formula is C16H15BrN4O4. The van der Waals surface area contributed by atoms with E-state index in [4.69, 9.17) is 9.84 Å². The SMILES string of the molecule is COC(=O)C1=C(Nc2ccc(Br)c3nccnc23)C(=O)N(CCO)C1. The van der Waals surface area contributed by atoms with Crippen LogP contribution in [0.3, 0.4) is 0 Å². The van der Waals surface area contributed by atoms with Gasteiger partial charge in [0.05, 0.1) is 31.5 Å². The second kappa shape index (κ2) is 7.16. The minimum atomic E-state index is -0.594. The predicted molar refractivity (Wildman–Crippen MR) is 93.6 cm³/mol. The molecule has 0 aliphatic carbocycles. The standard InChI is InChI=1S/C16H15BrN4O4/c1-25-16(24)9-8-21(6-7-22)15(23)12(9)20-11-3-2-10(17)13-14(11)19-5-4-18-13/h2-5,20,22H,6-8H2,1H3. The maximum atomic E-state index is 12.6. The van der Waals surface area contributed by atoms with E-state index < -0.39 is 5.97 Å². The second-order valence-corrected chi connectivity index (χ2v) is 6.12. The van der Waals surface area contributed by atoms with Crippen molar-refractivity contribution in [2.75, 3.05) is 32.1 Å². The normalized spacial score (nSPS) is 14.4. The summed E-state index contributed by atoms with van der Waals surface area (Å²) in [5.41, 5.74) is 2.06. The van der Waals surface area contributed by atoms with Gasteiger partial charge in [-0.1, -0.05) is 0 Å². The molecule has 25 heavy (non-hydrogen) atoms. The van der Waals surface area contributed by atoms with Gasteiger partial charge >= 0.3 is 5.97 Å². The van der Waals surface area contributed by atoms with E-state index >= 15 is 0 Å². The number of esters is 1. The lowest BCUT2D eigenvalue weighted by Crippen LogP contribution is -2.31. The summed E-state index contributed by atoms with van der Waals surface area (Å²) < 4.78 is 5.54. The molecule has 0 saturated carbocycles. The number of halogens is 1. The molecule has 3 rings (SSSR count). The van der Waals surface area contributed by atoms with Crippen molar-refractivity contribution in [2.24, 2.45) is 0 Å². The van der Waals surface area contributed by atoms with Gasteiger partial charge in [0.1, 0.15) is 16.7 Å². The molecule has 1 amide bonds. The Morgan fingerprint density at radius 1 is 1.36 bits per heavy atom. The van der Waals surface area contributed by atoms with E-state index in [9.17, 15) is 9.59 Å². The highest BCUT2D eigenvalue weighted by Crippen LogP contribution is 2.29. The zero-order valence-corrected chi connectivity index (χ0v) is 14.9. The van der Waals surface area contributed by atoms with Crippen LogP contribution in [0.5, 0.6) is 0 Å². The lowest BCUT2D eigenvalue weighted by molar-refractivity contribution is -0.136. The number of β-amino-alcohol motifs (C(OH)–C–C–N with tert-alkyl or cyclic N) is 1. The second-order valence-electron chi connectivity index (χ2n) is 5.27. The number of aliphatic hydroxyl groups excluding tert-OH is 1. The molecule has 0 atom stereocenters. The smallest absolute Gasteiger partial charge is 0.337 e. The molecule has 130 valence electrons. The highest BCUT2D eigenvalue weighted by atomic mass is 79.9. The molecule has 0 bridgehead atoms. The van der Waals surface area contributed by atoms with Crippen LogP contribution in [0.15, 0.2) is 40.3 Å². The number of carbonyl (C=O) groups excluding carboxylic acids is 2. The lowest BCUT2D eigenvalue weighted by Gasteiger charge is -2.15. The van der Waals surface area contributed by atoms with Gasteiger partial charge in [0, 0.05) is 23.4 Å². The van der Waals surface area contributed by atoms with Gasteiger partial charge in [0.2, 0.25) is 0 Å². The number of ether oxygens (including phenoxy) is 1. The fourth-order valence-electron chi connectivity index (χ4n) is 2.61. The fourth-order valence-corrected chi connectivity index (χ4v) is 3.03. The fraction of sp³-hybridized carbons (Fsp3) is 0.250. The molecule has 1 aromatic carbocycles. The summed E-state index contributed by atoms with van der Waals surface area (Å²) in [7, 11) is 1.26. The van der Waals surface area contributed by atoms with Crippen molar-refractivity contribution in [3.05, 3.63) is 40.3 Å². The quantitative estimate of drug-likeness (QED) is 0.715. The summed E-state index contributed by atoms with van der Waals surface area (Å²) in [4.78, 5) is 34.5. The highest BCUT2D eigenvalue weighted by Gasteiger charge is 2.34. The number of nitrogens with zero attached hydrogens (tertiary/aromatic N) is 3. The van der Waals surface area contributed by atoms with E-state index in [-0.39, 0.29) is 36.9 Å². The zero-order valence-electron chi connectivity index (χ0n) is 13.3. The van der Waals surface area contributed by atoms with E-state index in [1.165, 1.54) is 12.0 Å². The van der Waals surface area contributed by atoms with Crippen molar-refractivity contribution in [3.8, 4) is 0 Å². The minimum Gasteiger partial charge on any atom is -0.466 e. The Labute approximate surface area is 151 Å². The molecule has 0 radical (unpaired) electrons. The molecule has 9 heteroatoms. The van der Waals surface area contributed by atoms with Gasteiger partial charge in [-0.15, -0.1) is 0 Å². The van der Waals surface area contributed by atoms with Gasteiger partial charge in [-0.2, -0.15) is 0 Å². The van der Waals surface area contributed by atoms with Gasteiger partial charge in [-0.05, 0) is 28.1 Å². The number of nitrogens with one attached hydrogen (secondary N) is 1. The maximum Gasteiger partial charge on any atom is 0.337 e.